The molecule has 0 bridgehead atoms. The lowest BCUT2D eigenvalue weighted by molar-refractivity contribution is 0.247. The first-order valence-corrected chi connectivity index (χ1v) is 7.49. The van der Waals surface area contributed by atoms with E-state index in [4.69, 9.17) is 16.3 Å². The molecule has 1 fully saturated rings. The number of hydrogen-bond donors (Lipinski definition) is 2. The van der Waals surface area contributed by atoms with Crippen LogP contribution in [-0.2, 0) is 5.54 Å². The van der Waals surface area contributed by atoms with Crippen molar-refractivity contribution in [1.82, 2.24) is 5.32 Å². The largest absolute Gasteiger partial charge is 0.497 e. The van der Waals surface area contributed by atoms with E-state index in [1.165, 1.54) is 0 Å². The van der Waals surface area contributed by atoms with Crippen LogP contribution in [-0.4, -0.2) is 13.1 Å². The van der Waals surface area contributed by atoms with Gasteiger partial charge < -0.3 is 15.4 Å². The van der Waals surface area contributed by atoms with Gasteiger partial charge in [-0.05, 0) is 42.7 Å². The third kappa shape index (κ3) is 3.02. The summed E-state index contributed by atoms with van der Waals surface area (Å²) in [7, 11) is 1.64. The Morgan fingerprint density at radius 1 is 1.14 bits per heavy atom. The van der Waals surface area contributed by atoms with E-state index in [2.05, 4.69) is 10.6 Å². The van der Waals surface area contributed by atoms with E-state index in [0.717, 1.165) is 24.2 Å². The Balaban J connectivity index is 1.69. The third-order valence-electron chi connectivity index (χ3n) is 3.87. The van der Waals surface area contributed by atoms with E-state index in [9.17, 15) is 4.79 Å². The number of methoxy groups -OCH3 is 1. The van der Waals surface area contributed by atoms with Crippen LogP contribution in [0.5, 0.6) is 5.75 Å². The smallest absolute Gasteiger partial charge is 0.319 e. The molecule has 2 amide bonds. The van der Waals surface area contributed by atoms with Crippen LogP contribution in [0.4, 0.5) is 10.5 Å². The molecule has 0 aromatic heterocycles. The lowest BCUT2D eigenvalue weighted by Crippen LogP contribution is -2.38. The van der Waals surface area contributed by atoms with Gasteiger partial charge in [-0.25, -0.2) is 4.79 Å². The summed E-state index contributed by atoms with van der Waals surface area (Å²) in [6.07, 6.45) is 1.85. The van der Waals surface area contributed by atoms with Gasteiger partial charge in [-0.2, -0.15) is 0 Å². The predicted octanol–water partition coefficient (Wildman–Crippen LogP) is 4.16. The number of carbonyl (C=O) groups is 1. The van der Waals surface area contributed by atoms with Crippen LogP contribution in [0.15, 0.2) is 48.5 Å². The van der Waals surface area contributed by atoms with Crippen molar-refractivity contribution in [1.29, 1.82) is 0 Å². The summed E-state index contributed by atoms with van der Waals surface area (Å²) >= 11 is 6.05. The standard InChI is InChI=1S/C17H17ClN2O2/c1-22-13-8-6-12(7-9-13)17(10-11-17)20-16(21)19-15-5-3-2-4-14(15)18/h2-9H,10-11H2,1H3,(H2,19,20,21). The van der Waals surface area contributed by atoms with E-state index in [0.29, 0.717) is 10.7 Å². The van der Waals surface area contributed by atoms with Crippen LogP contribution in [0.1, 0.15) is 18.4 Å². The van der Waals surface area contributed by atoms with Crippen molar-refractivity contribution in [3.05, 3.63) is 59.1 Å². The highest BCUT2D eigenvalue weighted by atomic mass is 35.5. The minimum atomic E-state index is -0.280. The molecule has 0 aliphatic heterocycles. The molecule has 22 heavy (non-hydrogen) atoms. The Bertz CT molecular complexity index is 681. The lowest BCUT2D eigenvalue weighted by Gasteiger charge is -2.19. The summed E-state index contributed by atoms with van der Waals surface area (Å²) in [5, 5.41) is 6.36. The summed E-state index contributed by atoms with van der Waals surface area (Å²) < 4.78 is 5.16. The molecule has 4 nitrogen and oxygen atoms in total. The second kappa shape index (κ2) is 5.89. The number of para-hydroxylation sites is 1. The number of amides is 2. The first-order chi connectivity index (χ1) is 10.6. The molecule has 0 saturated heterocycles. The summed E-state index contributed by atoms with van der Waals surface area (Å²) in [4.78, 5) is 12.2. The van der Waals surface area contributed by atoms with Crippen molar-refractivity contribution >= 4 is 23.3 Å². The van der Waals surface area contributed by atoms with Gasteiger partial charge >= 0.3 is 6.03 Å². The zero-order valence-electron chi connectivity index (χ0n) is 12.2. The Kier molecular flexibility index (Phi) is 3.94. The fraction of sp³-hybridized carbons (Fsp3) is 0.235. The quantitative estimate of drug-likeness (QED) is 0.890. The van der Waals surface area contributed by atoms with Crippen molar-refractivity contribution in [2.24, 2.45) is 0 Å². The van der Waals surface area contributed by atoms with E-state index in [1.54, 1.807) is 19.2 Å². The molecule has 2 N–H and O–H groups in total. The number of benzene rings is 2. The normalized spacial score (nSPS) is 15.0. The number of ether oxygens (including phenoxy) is 1. The Labute approximate surface area is 134 Å². The fourth-order valence-corrected chi connectivity index (χ4v) is 2.64. The maximum atomic E-state index is 12.2. The summed E-state index contributed by atoms with van der Waals surface area (Å²) in [6, 6.07) is 14.7. The number of rotatable bonds is 4. The molecule has 1 saturated carbocycles. The van der Waals surface area contributed by atoms with Crippen molar-refractivity contribution in [3.8, 4) is 5.75 Å². The maximum absolute atomic E-state index is 12.2. The van der Waals surface area contributed by atoms with Gasteiger partial charge in [0.2, 0.25) is 0 Å². The van der Waals surface area contributed by atoms with Crippen LogP contribution in [0.2, 0.25) is 5.02 Å². The molecule has 0 atom stereocenters. The lowest BCUT2D eigenvalue weighted by atomic mass is 10.1. The monoisotopic (exact) mass is 316 g/mol. The molecule has 3 rings (SSSR count). The van der Waals surface area contributed by atoms with Crippen LogP contribution >= 0.6 is 11.6 Å². The molecule has 1 aliphatic rings. The maximum Gasteiger partial charge on any atom is 0.319 e. The van der Waals surface area contributed by atoms with Gasteiger partial charge in [-0.3, -0.25) is 0 Å². The van der Waals surface area contributed by atoms with E-state index >= 15 is 0 Å². The zero-order valence-corrected chi connectivity index (χ0v) is 13.0. The van der Waals surface area contributed by atoms with E-state index in [1.807, 2.05) is 36.4 Å². The molecule has 0 spiro atoms. The highest BCUT2D eigenvalue weighted by Crippen LogP contribution is 2.45. The van der Waals surface area contributed by atoms with E-state index in [-0.39, 0.29) is 11.6 Å². The second-order valence-corrected chi connectivity index (χ2v) is 5.78. The number of urea groups is 1. The van der Waals surface area contributed by atoms with Gasteiger partial charge in [0.05, 0.1) is 23.4 Å². The summed E-state index contributed by atoms with van der Waals surface area (Å²) in [5.41, 5.74) is 1.41. The van der Waals surface area contributed by atoms with Gasteiger partial charge in [0.25, 0.3) is 0 Å². The Morgan fingerprint density at radius 3 is 2.41 bits per heavy atom. The van der Waals surface area contributed by atoms with Gasteiger partial charge in [0.15, 0.2) is 0 Å². The van der Waals surface area contributed by atoms with Crippen molar-refractivity contribution in [3.63, 3.8) is 0 Å². The molecule has 0 heterocycles. The van der Waals surface area contributed by atoms with Crippen LogP contribution in [0.3, 0.4) is 0 Å². The molecule has 0 unspecified atom stereocenters. The minimum absolute atomic E-state index is 0.249. The SMILES string of the molecule is COc1ccc(C2(NC(=O)Nc3ccccc3Cl)CC2)cc1. The summed E-state index contributed by atoms with van der Waals surface area (Å²) in [5.74, 6) is 0.806. The van der Waals surface area contributed by atoms with Crippen LogP contribution < -0.4 is 15.4 Å². The molecular weight excluding hydrogens is 300 g/mol. The number of carbonyl (C=O) groups excluding carboxylic acids is 1. The highest BCUT2D eigenvalue weighted by molar-refractivity contribution is 6.33. The number of hydrogen-bond acceptors (Lipinski definition) is 2. The average Bonchev–Trinajstić information content (AvgIpc) is 3.30. The number of halogens is 1. The fourth-order valence-electron chi connectivity index (χ4n) is 2.45. The molecule has 0 radical (unpaired) electrons. The highest BCUT2D eigenvalue weighted by Gasteiger charge is 2.45. The van der Waals surface area contributed by atoms with Gasteiger partial charge in [-0.1, -0.05) is 35.9 Å². The number of anilines is 1. The van der Waals surface area contributed by atoms with Gasteiger partial charge in [0.1, 0.15) is 5.75 Å². The topological polar surface area (TPSA) is 50.4 Å². The number of nitrogens with one attached hydrogen (secondary N) is 2. The van der Waals surface area contributed by atoms with E-state index < -0.39 is 0 Å². The Morgan fingerprint density at radius 2 is 1.82 bits per heavy atom. The first kappa shape index (κ1) is 14.7. The van der Waals surface area contributed by atoms with Crippen LogP contribution in [0, 0.1) is 0 Å². The molecule has 1 aliphatic carbocycles. The van der Waals surface area contributed by atoms with Crippen molar-refractivity contribution in [2.75, 3.05) is 12.4 Å². The molecule has 114 valence electrons. The third-order valence-corrected chi connectivity index (χ3v) is 4.20. The van der Waals surface area contributed by atoms with Crippen molar-refractivity contribution < 1.29 is 9.53 Å². The first-order valence-electron chi connectivity index (χ1n) is 7.11. The summed E-state index contributed by atoms with van der Waals surface area (Å²) in [6.45, 7) is 0. The molecular formula is C17H17ClN2O2. The zero-order chi connectivity index (χ0) is 15.6. The minimum Gasteiger partial charge on any atom is -0.497 e. The van der Waals surface area contributed by atoms with Crippen molar-refractivity contribution in [2.45, 2.75) is 18.4 Å². The molecule has 2 aromatic rings. The predicted molar refractivity (Wildman–Crippen MR) is 87.5 cm³/mol. The van der Waals surface area contributed by atoms with Gasteiger partial charge in [0, 0.05) is 0 Å². The second-order valence-electron chi connectivity index (χ2n) is 5.37. The van der Waals surface area contributed by atoms with Crippen LogP contribution in [0.25, 0.3) is 0 Å². The average molecular weight is 317 g/mol. The van der Waals surface area contributed by atoms with Gasteiger partial charge in [-0.15, -0.1) is 0 Å². The molecule has 2 aromatic carbocycles. The Hall–Kier alpha value is -2.20. The molecule has 5 heteroatoms.